The Bertz CT molecular complexity index is 656. The average molecular weight is 347 g/mol. The summed E-state index contributed by atoms with van der Waals surface area (Å²) in [5, 5.41) is 7.38. The van der Waals surface area contributed by atoms with Crippen LogP contribution in [0, 0.1) is 0 Å². The van der Waals surface area contributed by atoms with E-state index in [4.69, 9.17) is 4.74 Å². The van der Waals surface area contributed by atoms with Crippen LogP contribution in [0.5, 0.6) is 0 Å². The van der Waals surface area contributed by atoms with Crippen LogP contribution in [-0.4, -0.2) is 77.0 Å². The fourth-order valence-corrected chi connectivity index (χ4v) is 4.06. The Balaban J connectivity index is 1.43. The van der Waals surface area contributed by atoms with Crippen LogP contribution in [0.1, 0.15) is 42.2 Å². The van der Waals surface area contributed by atoms with Gasteiger partial charge in [-0.3, -0.25) is 9.48 Å². The number of hydrogen-bond acceptors (Lipinski definition) is 4. The first kappa shape index (κ1) is 16.4. The Kier molecular flexibility index (Phi) is 4.37. The van der Waals surface area contributed by atoms with Crippen molar-refractivity contribution in [3.8, 4) is 0 Å². The van der Waals surface area contributed by atoms with Crippen LogP contribution in [0.25, 0.3) is 0 Å². The van der Waals surface area contributed by atoms with Crippen molar-refractivity contribution >= 4 is 11.9 Å². The minimum absolute atomic E-state index is 0.0119. The normalized spacial score (nSPS) is 26.4. The maximum atomic E-state index is 13.0. The second-order valence-corrected chi connectivity index (χ2v) is 7.10. The molecule has 1 saturated carbocycles. The number of hydrogen-bond donors (Lipinski definition) is 1. The third-order valence-corrected chi connectivity index (χ3v) is 5.68. The highest BCUT2D eigenvalue weighted by Gasteiger charge is 2.43. The lowest BCUT2D eigenvalue weighted by Gasteiger charge is -2.37. The Morgan fingerprint density at radius 3 is 2.96 bits per heavy atom. The molecule has 3 aliphatic rings. The number of ether oxygens (including phenoxy) is 1. The fraction of sp³-hybridized carbons (Fsp3) is 0.706. The number of nitrogens with one attached hydrogen (secondary N) is 1. The molecule has 1 aromatic rings. The molecule has 136 valence electrons. The molecular weight excluding hydrogens is 322 g/mol. The van der Waals surface area contributed by atoms with E-state index in [0.29, 0.717) is 38.0 Å². The molecule has 4 rings (SSSR count). The minimum atomic E-state index is -0.0548. The van der Waals surface area contributed by atoms with E-state index in [-0.39, 0.29) is 24.0 Å². The first-order valence-electron chi connectivity index (χ1n) is 9.08. The molecule has 0 aromatic carbocycles. The molecular formula is C17H25N5O3. The van der Waals surface area contributed by atoms with E-state index >= 15 is 0 Å². The number of aromatic nitrogens is 2. The van der Waals surface area contributed by atoms with Crippen molar-refractivity contribution in [2.45, 2.75) is 43.8 Å². The van der Waals surface area contributed by atoms with Crippen molar-refractivity contribution in [3.05, 3.63) is 18.0 Å². The maximum Gasteiger partial charge on any atom is 0.318 e. The zero-order valence-corrected chi connectivity index (χ0v) is 14.6. The van der Waals surface area contributed by atoms with E-state index in [0.717, 1.165) is 19.3 Å². The Hall–Kier alpha value is -2.09. The molecule has 2 saturated heterocycles. The SMILES string of the molecule is COCCN1C(=O)N[C@H]2CN(C(=O)c3ccnn3C3CCC3)CC[C@H]21. The van der Waals surface area contributed by atoms with Gasteiger partial charge in [0.15, 0.2) is 0 Å². The standard InChI is InChI=1S/C17H25N5O3/c1-25-10-9-21-14-6-8-20(11-13(14)19-17(21)24)16(23)15-5-7-18-22(15)12-3-2-4-12/h5,7,12-14H,2-4,6,8-11H2,1H3,(H,19,24)/t13-,14+/m0/s1. The van der Waals surface area contributed by atoms with Crippen molar-refractivity contribution in [2.75, 3.05) is 33.4 Å². The van der Waals surface area contributed by atoms with Crippen LogP contribution in [0.3, 0.4) is 0 Å². The summed E-state index contributed by atoms with van der Waals surface area (Å²) in [5.74, 6) is 0.0208. The Morgan fingerprint density at radius 1 is 1.40 bits per heavy atom. The zero-order valence-electron chi connectivity index (χ0n) is 14.6. The smallest absolute Gasteiger partial charge is 0.318 e. The molecule has 0 radical (unpaired) electrons. The number of fused-ring (bicyclic) bond motifs is 1. The lowest BCUT2D eigenvalue weighted by Crippen LogP contribution is -2.53. The quantitative estimate of drug-likeness (QED) is 0.857. The van der Waals surface area contributed by atoms with Crippen LogP contribution in [0.4, 0.5) is 4.79 Å². The van der Waals surface area contributed by atoms with Gasteiger partial charge in [-0.2, -0.15) is 5.10 Å². The summed E-state index contributed by atoms with van der Waals surface area (Å²) in [6, 6.07) is 2.25. The Morgan fingerprint density at radius 2 is 2.24 bits per heavy atom. The van der Waals surface area contributed by atoms with E-state index in [1.165, 1.54) is 6.42 Å². The minimum Gasteiger partial charge on any atom is -0.383 e. The number of rotatable bonds is 5. The largest absolute Gasteiger partial charge is 0.383 e. The molecule has 0 spiro atoms. The summed E-state index contributed by atoms with van der Waals surface area (Å²) in [7, 11) is 1.64. The lowest BCUT2D eigenvalue weighted by atomic mass is 9.93. The highest BCUT2D eigenvalue weighted by Crippen LogP contribution is 2.32. The molecule has 0 unspecified atom stereocenters. The molecule has 1 N–H and O–H groups in total. The summed E-state index contributed by atoms with van der Waals surface area (Å²) in [5.41, 5.74) is 0.670. The fourth-order valence-electron chi connectivity index (χ4n) is 4.06. The van der Waals surface area contributed by atoms with E-state index < -0.39 is 0 Å². The first-order valence-corrected chi connectivity index (χ1v) is 9.08. The van der Waals surface area contributed by atoms with Crippen LogP contribution in [0.2, 0.25) is 0 Å². The monoisotopic (exact) mass is 347 g/mol. The highest BCUT2D eigenvalue weighted by molar-refractivity contribution is 5.93. The van der Waals surface area contributed by atoms with E-state index in [2.05, 4.69) is 10.4 Å². The van der Waals surface area contributed by atoms with Gasteiger partial charge in [0.1, 0.15) is 5.69 Å². The summed E-state index contributed by atoms with van der Waals surface area (Å²) < 4.78 is 6.98. The van der Waals surface area contributed by atoms with E-state index in [9.17, 15) is 9.59 Å². The number of carbonyl (C=O) groups is 2. The van der Waals surface area contributed by atoms with E-state index in [1.807, 2.05) is 20.5 Å². The van der Waals surface area contributed by atoms with Gasteiger partial charge < -0.3 is 19.9 Å². The number of urea groups is 1. The molecule has 3 fully saturated rings. The maximum absolute atomic E-state index is 13.0. The number of nitrogens with zero attached hydrogens (tertiary/aromatic N) is 4. The van der Waals surface area contributed by atoms with Crippen molar-refractivity contribution in [1.29, 1.82) is 0 Å². The van der Waals surface area contributed by atoms with Crippen molar-refractivity contribution in [1.82, 2.24) is 24.9 Å². The van der Waals surface area contributed by atoms with E-state index in [1.54, 1.807) is 13.3 Å². The van der Waals surface area contributed by atoms with Gasteiger partial charge in [-0.25, -0.2) is 4.79 Å². The third kappa shape index (κ3) is 2.88. The molecule has 0 bridgehead atoms. The second-order valence-electron chi connectivity index (χ2n) is 7.10. The van der Waals surface area contributed by atoms with Crippen LogP contribution in [-0.2, 0) is 4.74 Å². The molecule has 3 heterocycles. The van der Waals surface area contributed by atoms with Crippen LogP contribution >= 0.6 is 0 Å². The first-order chi connectivity index (χ1) is 12.2. The number of carbonyl (C=O) groups excluding carboxylic acids is 2. The number of methoxy groups -OCH3 is 1. The van der Waals surface area contributed by atoms with Gasteiger partial charge in [-0.1, -0.05) is 0 Å². The van der Waals surface area contributed by atoms with Crippen molar-refractivity contribution in [3.63, 3.8) is 0 Å². The second kappa shape index (κ2) is 6.67. The topological polar surface area (TPSA) is 79.7 Å². The van der Waals surface area contributed by atoms with Crippen LogP contribution < -0.4 is 5.32 Å². The number of amides is 3. The molecule has 8 heteroatoms. The number of likely N-dealkylation sites (tertiary alicyclic amines) is 1. The van der Waals surface area contributed by atoms with Crippen molar-refractivity contribution in [2.24, 2.45) is 0 Å². The summed E-state index contributed by atoms with van der Waals surface area (Å²) in [6.45, 7) is 2.33. The highest BCUT2D eigenvalue weighted by atomic mass is 16.5. The summed E-state index contributed by atoms with van der Waals surface area (Å²) in [4.78, 5) is 28.8. The predicted molar refractivity (Wildman–Crippen MR) is 90.3 cm³/mol. The number of piperidine rings is 1. The van der Waals surface area contributed by atoms with Gasteiger partial charge in [-0.15, -0.1) is 0 Å². The van der Waals surface area contributed by atoms with Gasteiger partial charge in [-0.05, 0) is 31.7 Å². The molecule has 1 aliphatic carbocycles. The van der Waals surface area contributed by atoms with Gasteiger partial charge in [0.25, 0.3) is 5.91 Å². The Labute approximate surface area is 147 Å². The van der Waals surface area contributed by atoms with Crippen LogP contribution in [0.15, 0.2) is 12.3 Å². The molecule has 2 atom stereocenters. The van der Waals surface area contributed by atoms with Gasteiger partial charge in [0, 0.05) is 32.9 Å². The van der Waals surface area contributed by atoms with Gasteiger partial charge in [0.05, 0.1) is 24.7 Å². The summed E-state index contributed by atoms with van der Waals surface area (Å²) in [6.07, 6.45) is 5.89. The molecule has 2 aliphatic heterocycles. The summed E-state index contributed by atoms with van der Waals surface area (Å²) >= 11 is 0. The zero-order chi connectivity index (χ0) is 17.4. The molecule has 1 aromatic heterocycles. The van der Waals surface area contributed by atoms with Gasteiger partial charge in [0.2, 0.25) is 0 Å². The third-order valence-electron chi connectivity index (χ3n) is 5.68. The molecule has 3 amide bonds. The van der Waals surface area contributed by atoms with Crippen molar-refractivity contribution < 1.29 is 14.3 Å². The molecule has 8 nitrogen and oxygen atoms in total. The van der Waals surface area contributed by atoms with Gasteiger partial charge >= 0.3 is 6.03 Å². The lowest BCUT2D eigenvalue weighted by molar-refractivity contribution is 0.0623. The average Bonchev–Trinajstić information content (AvgIpc) is 3.14. The molecule has 25 heavy (non-hydrogen) atoms. The predicted octanol–water partition coefficient (Wildman–Crippen LogP) is 0.863.